The molecule has 4 aromatic rings. The maximum atomic E-state index is 15.2. The van der Waals surface area contributed by atoms with E-state index < -0.39 is 11.8 Å². The molecule has 0 spiro atoms. The van der Waals surface area contributed by atoms with Gasteiger partial charge in [-0.2, -0.15) is 5.10 Å². The molecule has 2 aliphatic heterocycles. The molecule has 3 aromatic carbocycles. The van der Waals surface area contributed by atoms with E-state index in [1.54, 1.807) is 22.9 Å². The minimum atomic E-state index is -0.577. The number of halogens is 1. The second-order valence-corrected chi connectivity index (χ2v) is 11.8. The van der Waals surface area contributed by atoms with Gasteiger partial charge in [0.05, 0.1) is 17.1 Å². The Bertz CT molecular complexity index is 1690. The molecule has 8 nitrogen and oxygen atoms in total. The van der Waals surface area contributed by atoms with Crippen LogP contribution in [0.2, 0.25) is 0 Å². The lowest BCUT2D eigenvalue weighted by atomic mass is 9.92. The van der Waals surface area contributed by atoms with Crippen LogP contribution in [-0.2, 0) is 24.9 Å². The molecule has 9 heteroatoms. The molecule has 0 radical (unpaired) electrons. The zero-order chi connectivity index (χ0) is 28.9. The highest BCUT2D eigenvalue weighted by Gasteiger charge is 2.24. The second kappa shape index (κ2) is 10.2. The Morgan fingerprint density at radius 2 is 1.80 bits per heavy atom. The zero-order valence-electron chi connectivity index (χ0n) is 23.6. The van der Waals surface area contributed by atoms with Gasteiger partial charge in [-0.05, 0) is 71.6 Å². The van der Waals surface area contributed by atoms with Gasteiger partial charge in [-0.25, -0.2) is 13.9 Å². The number of benzene rings is 3. The summed E-state index contributed by atoms with van der Waals surface area (Å²) in [6.45, 7) is 8.48. The number of hydrogen-bond donors (Lipinski definition) is 3. The van der Waals surface area contributed by atoms with Gasteiger partial charge in [0.25, 0.3) is 5.91 Å². The van der Waals surface area contributed by atoms with E-state index in [9.17, 15) is 9.59 Å². The Morgan fingerprint density at radius 1 is 1.00 bits per heavy atom. The molecule has 6 rings (SSSR count). The van der Waals surface area contributed by atoms with Crippen LogP contribution in [0, 0.1) is 5.82 Å². The van der Waals surface area contributed by atoms with E-state index in [4.69, 9.17) is 5.10 Å². The average molecular weight is 553 g/mol. The smallest absolute Gasteiger partial charge is 0.324 e. The lowest BCUT2D eigenvalue weighted by molar-refractivity contribution is 0.0965. The predicted molar refractivity (Wildman–Crippen MR) is 158 cm³/mol. The van der Waals surface area contributed by atoms with Gasteiger partial charge in [-0.3, -0.25) is 10.1 Å². The second-order valence-electron chi connectivity index (χ2n) is 11.8. The highest BCUT2D eigenvalue weighted by atomic mass is 19.1. The maximum absolute atomic E-state index is 15.2. The topological polar surface area (TPSA) is 91.3 Å². The minimum absolute atomic E-state index is 0.0481. The van der Waals surface area contributed by atoms with Crippen molar-refractivity contribution in [1.29, 1.82) is 0 Å². The summed E-state index contributed by atoms with van der Waals surface area (Å²) in [6, 6.07) is 17.6. The molecule has 2 aliphatic rings. The van der Waals surface area contributed by atoms with Crippen molar-refractivity contribution in [2.45, 2.75) is 45.7 Å². The minimum Gasteiger partial charge on any atom is -0.348 e. The molecule has 3 amide bonds. The summed E-state index contributed by atoms with van der Waals surface area (Å²) in [5.41, 5.74) is 6.89. The number of amides is 3. The first-order valence-corrected chi connectivity index (χ1v) is 13.8. The van der Waals surface area contributed by atoms with Crippen LogP contribution in [0.3, 0.4) is 0 Å². The van der Waals surface area contributed by atoms with Gasteiger partial charge >= 0.3 is 6.03 Å². The van der Waals surface area contributed by atoms with Gasteiger partial charge in [-0.1, -0.05) is 45.0 Å². The summed E-state index contributed by atoms with van der Waals surface area (Å²) >= 11 is 0. The van der Waals surface area contributed by atoms with E-state index in [0.717, 1.165) is 42.0 Å². The van der Waals surface area contributed by atoms with Crippen LogP contribution in [-0.4, -0.2) is 40.2 Å². The van der Waals surface area contributed by atoms with Gasteiger partial charge in [0.15, 0.2) is 0 Å². The van der Waals surface area contributed by atoms with E-state index in [2.05, 4.69) is 60.8 Å². The van der Waals surface area contributed by atoms with Crippen LogP contribution in [0.5, 0.6) is 0 Å². The Balaban J connectivity index is 1.25. The Labute approximate surface area is 238 Å². The number of nitrogens with one attached hydrogen (secondary N) is 3. The number of aromatic nitrogens is 2. The van der Waals surface area contributed by atoms with Gasteiger partial charge < -0.3 is 15.5 Å². The molecular formula is C32H33FN6O2. The van der Waals surface area contributed by atoms with Crippen LogP contribution in [0.25, 0.3) is 16.8 Å². The number of nitrogens with zero attached hydrogens (tertiary/aromatic N) is 3. The first-order valence-electron chi connectivity index (χ1n) is 13.8. The summed E-state index contributed by atoms with van der Waals surface area (Å²) in [7, 11) is 2.11. The monoisotopic (exact) mass is 552 g/mol. The van der Waals surface area contributed by atoms with Crippen molar-refractivity contribution in [2.75, 3.05) is 24.2 Å². The predicted octanol–water partition coefficient (Wildman–Crippen LogP) is 5.85. The molecule has 41 heavy (non-hydrogen) atoms. The Morgan fingerprint density at radius 3 is 2.59 bits per heavy atom. The molecule has 210 valence electrons. The third-order valence-electron chi connectivity index (χ3n) is 7.73. The first-order chi connectivity index (χ1) is 19.6. The molecule has 0 saturated carbocycles. The summed E-state index contributed by atoms with van der Waals surface area (Å²) in [5.74, 6) is -0.213. The van der Waals surface area contributed by atoms with E-state index in [0.29, 0.717) is 23.5 Å². The van der Waals surface area contributed by atoms with Crippen molar-refractivity contribution in [1.82, 2.24) is 20.0 Å². The average Bonchev–Trinajstić information content (AvgIpc) is 3.53. The van der Waals surface area contributed by atoms with E-state index in [-0.39, 0.29) is 17.0 Å². The molecular weight excluding hydrogens is 519 g/mol. The SMILES string of the molecule is CN1CCc2ccc(-n3nc(C(C)(C)C)cc3NC(=O)Nc3ccc(-c4cccc5c4CNC5=O)cc3F)cc2C1. The van der Waals surface area contributed by atoms with E-state index >= 15 is 4.39 Å². The Kier molecular flexibility index (Phi) is 6.62. The van der Waals surface area contributed by atoms with Crippen molar-refractivity contribution in [3.05, 3.63) is 94.4 Å². The number of hydrogen-bond acceptors (Lipinski definition) is 4. The summed E-state index contributed by atoms with van der Waals surface area (Å²) < 4.78 is 16.9. The van der Waals surface area contributed by atoms with Crippen LogP contribution in [0.15, 0.2) is 60.7 Å². The van der Waals surface area contributed by atoms with Crippen molar-refractivity contribution in [3.63, 3.8) is 0 Å². The lowest BCUT2D eigenvalue weighted by Gasteiger charge is -2.25. The molecule has 0 unspecified atom stereocenters. The Hall–Kier alpha value is -4.50. The number of likely N-dealkylation sites (N-methyl/N-ethyl adjacent to an activating group) is 1. The zero-order valence-corrected chi connectivity index (χ0v) is 23.6. The third kappa shape index (κ3) is 5.20. The highest BCUT2D eigenvalue weighted by molar-refractivity contribution is 6.01. The lowest BCUT2D eigenvalue weighted by Crippen LogP contribution is -2.26. The molecule has 0 saturated heterocycles. The molecule has 0 bridgehead atoms. The molecule has 3 N–H and O–H groups in total. The molecule has 1 aromatic heterocycles. The van der Waals surface area contributed by atoms with E-state index in [1.165, 1.54) is 23.3 Å². The van der Waals surface area contributed by atoms with Crippen LogP contribution in [0.4, 0.5) is 20.7 Å². The maximum Gasteiger partial charge on any atom is 0.324 e. The molecule has 0 fully saturated rings. The summed E-state index contributed by atoms with van der Waals surface area (Å²) in [5, 5.41) is 13.2. The highest BCUT2D eigenvalue weighted by Crippen LogP contribution is 2.32. The quantitative estimate of drug-likeness (QED) is 0.296. The summed E-state index contributed by atoms with van der Waals surface area (Å²) in [6.07, 6.45) is 0.998. The number of carbonyl (C=O) groups excluding carboxylic acids is 2. The van der Waals surface area contributed by atoms with Crippen molar-refractivity contribution >= 4 is 23.4 Å². The van der Waals surface area contributed by atoms with Gasteiger partial charge in [-0.15, -0.1) is 0 Å². The first kappa shape index (κ1) is 26.7. The van der Waals surface area contributed by atoms with Crippen LogP contribution >= 0.6 is 0 Å². The van der Waals surface area contributed by atoms with E-state index in [1.807, 2.05) is 18.2 Å². The summed E-state index contributed by atoms with van der Waals surface area (Å²) in [4.78, 5) is 27.4. The number of anilines is 2. The standard InChI is InChI=1S/C32H33FN6O2/c1-32(2,3)28-16-29(39(37-28)22-10-8-19-12-13-38(4)18-21(19)14-22)36-31(41)35-27-11-9-20(15-26(27)33)23-6-5-7-24-25(23)17-34-30(24)40/h5-11,14-16H,12-13,17-18H2,1-4H3,(H,34,40)(H2,35,36,41). The molecule has 0 atom stereocenters. The number of rotatable bonds is 4. The van der Waals surface area contributed by atoms with Crippen LogP contribution in [0.1, 0.15) is 53.5 Å². The van der Waals surface area contributed by atoms with Crippen molar-refractivity contribution < 1.29 is 14.0 Å². The van der Waals surface area contributed by atoms with Gasteiger partial charge in [0, 0.05) is 36.7 Å². The molecule has 3 heterocycles. The normalized spacial score (nSPS) is 14.8. The number of carbonyl (C=O) groups is 2. The largest absolute Gasteiger partial charge is 0.348 e. The van der Waals surface area contributed by atoms with Gasteiger partial charge in [0.2, 0.25) is 0 Å². The fraction of sp³-hybridized carbons (Fsp3) is 0.281. The fourth-order valence-corrected chi connectivity index (χ4v) is 5.43. The van der Waals surface area contributed by atoms with Crippen LogP contribution < -0.4 is 16.0 Å². The van der Waals surface area contributed by atoms with Crippen molar-refractivity contribution in [3.8, 4) is 16.8 Å². The number of urea groups is 1. The van der Waals surface area contributed by atoms with Crippen molar-refractivity contribution in [2.24, 2.45) is 0 Å². The number of fused-ring (bicyclic) bond motifs is 2. The van der Waals surface area contributed by atoms with Gasteiger partial charge in [0.1, 0.15) is 11.6 Å². The fourth-order valence-electron chi connectivity index (χ4n) is 5.43. The third-order valence-corrected chi connectivity index (χ3v) is 7.73. The molecule has 0 aliphatic carbocycles.